The molecule has 33 heavy (non-hydrogen) atoms. The first-order valence-electron chi connectivity index (χ1n) is 8.18. The molecule has 0 aliphatic carbocycles. The first-order chi connectivity index (χ1) is 15.1. The third kappa shape index (κ3) is 8.32. The Labute approximate surface area is 180 Å². The number of hydrogen-bond donors (Lipinski definition) is 2. The van der Waals surface area contributed by atoms with Gasteiger partial charge in [0.05, 0.1) is 25.6 Å². The average Bonchev–Trinajstić information content (AvgIpc) is 2.65. The maximum atomic E-state index is 12.6. The highest BCUT2D eigenvalue weighted by atomic mass is 31.2. The molecule has 0 unspecified atom stereocenters. The molecular weight excluding hydrogens is 493 g/mol. The zero-order valence-corrected chi connectivity index (χ0v) is 17.2. The number of phosphoric acid groups is 1. The molecule has 0 saturated heterocycles. The molecule has 0 heterocycles. The van der Waals surface area contributed by atoms with E-state index in [1.165, 1.54) is 0 Å². The van der Waals surface area contributed by atoms with Gasteiger partial charge in [0, 0.05) is 18.2 Å². The Morgan fingerprint density at radius 1 is 0.758 bits per heavy atom. The van der Waals surface area contributed by atoms with Crippen molar-refractivity contribution in [2.45, 2.75) is 12.7 Å². The van der Waals surface area contributed by atoms with Crippen molar-refractivity contribution in [2.75, 3.05) is 14.2 Å². The molecule has 0 radical (unpaired) electrons. The standard InChI is InChI=1S/C16H13F6N2O8P/c1-28-12-6-9(7-13(29-2)14(12)31-16(20,21)22)24-23-8-3-4-10(30-15(17,18)19)11(5-8)32-33(25,26)27/h3-7H,1-2H3,(H2,25,26,27)/b24-23+. The normalized spacial score (nSPS) is 12.5. The van der Waals surface area contributed by atoms with Crippen LogP contribution in [-0.2, 0) is 4.57 Å². The van der Waals surface area contributed by atoms with E-state index >= 15 is 0 Å². The number of azo groups is 1. The van der Waals surface area contributed by atoms with Crippen LogP contribution in [0.25, 0.3) is 0 Å². The predicted molar refractivity (Wildman–Crippen MR) is 96.2 cm³/mol. The highest BCUT2D eigenvalue weighted by molar-refractivity contribution is 7.46. The molecule has 10 nitrogen and oxygen atoms in total. The van der Waals surface area contributed by atoms with Gasteiger partial charge in [0.1, 0.15) is 0 Å². The van der Waals surface area contributed by atoms with Crippen molar-refractivity contribution in [3.8, 4) is 28.7 Å². The zero-order chi connectivity index (χ0) is 25.0. The summed E-state index contributed by atoms with van der Waals surface area (Å²) in [6.45, 7) is 0. The lowest BCUT2D eigenvalue weighted by molar-refractivity contribution is -0.276. The highest BCUT2D eigenvalue weighted by Gasteiger charge is 2.35. The number of benzene rings is 2. The number of methoxy groups -OCH3 is 2. The summed E-state index contributed by atoms with van der Waals surface area (Å²) in [5.74, 6) is -3.72. The molecule has 0 aliphatic heterocycles. The van der Waals surface area contributed by atoms with Crippen LogP contribution in [0, 0.1) is 0 Å². The maximum Gasteiger partial charge on any atom is 0.573 e. The van der Waals surface area contributed by atoms with E-state index in [4.69, 9.17) is 19.3 Å². The molecule has 0 bridgehead atoms. The zero-order valence-electron chi connectivity index (χ0n) is 16.3. The first-order valence-corrected chi connectivity index (χ1v) is 9.71. The third-order valence-electron chi connectivity index (χ3n) is 3.31. The van der Waals surface area contributed by atoms with E-state index in [2.05, 4.69) is 24.2 Å². The molecule has 182 valence electrons. The molecule has 2 rings (SSSR count). The van der Waals surface area contributed by atoms with Gasteiger partial charge in [-0.1, -0.05) is 0 Å². The Morgan fingerprint density at radius 3 is 1.70 bits per heavy atom. The molecule has 2 aromatic rings. The Hall–Kier alpha value is -3.23. The molecule has 0 aromatic heterocycles. The Balaban J connectivity index is 2.43. The second-order valence-electron chi connectivity index (χ2n) is 5.69. The lowest BCUT2D eigenvalue weighted by Crippen LogP contribution is -2.18. The summed E-state index contributed by atoms with van der Waals surface area (Å²) in [5.41, 5.74) is -0.396. The lowest BCUT2D eigenvalue weighted by atomic mass is 10.2. The summed E-state index contributed by atoms with van der Waals surface area (Å²) in [7, 11) is -3.19. The molecule has 17 heteroatoms. The van der Waals surface area contributed by atoms with E-state index in [1.807, 2.05) is 0 Å². The van der Waals surface area contributed by atoms with E-state index < -0.39 is 49.3 Å². The summed E-state index contributed by atoms with van der Waals surface area (Å²) < 4.78 is 108. The molecule has 0 aliphatic rings. The van der Waals surface area contributed by atoms with Crippen molar-refractivity contribution in [2.24, 2.45) is 10.2 Å². The van der Waals surface area contributed by atoms with Gasteiger partial charge in [-0.2, -0.15) is 10.2 Å². The summed E-state index contributed by atoms with van der Waals surface area (Å²) in [4.78, 5) is 17.8. The van der Waals surface area contributed by atoms with Gasteiger partial charge in [-0.3, -0.25) is 9.79 Å². The lowest BCUT2D eigenvalue weighted by Gasteiger charge is -2.16. The van der Waals surface area contributed by atoms with Crippen molar-refractivity contribution in [1.29, 1.82) is 0 Å². The number of alkyl halides is 6. The van der Waals surface area contributed by atoms with Gasteiger partial charge in [-0.25, -0.2) is 4.57 Å². The van der Waals surface area contributed by atoms with Gasteiger partial charge in [-0.05, 0) is 12.1 Å². The molecule has 0 fully saturated rings. The third-order valence-corrected chi connectivity index (χ3v) is 3.75. The fraction of sp³-hybridized carbons (Fsp3) is 0.250. The maximum absolute atomic E-state index is 12.6. The number of phosphoric ester groups is 1. The van der Waals surface area contributed by atoms with E-state index in [0.29, 0.717) is 12.1 Å². The van der Waals surface area contributed by atoms with Crippen LogP contribution in [0.1, 0.15) is 0 Å². The monoisotopic (exact) mass is 506 g/mol. The van der Waals surface area contributed by atoms with Crippen LogP contribution in [0.4, 0.5) is 37.7 Å². The summed E-state index contributed by atoms with van der Waals surface area (Å²) in [6.07, 6.45) is -10.2. The van der Waals surface area contributed by atoms with Crippen LogP contribution in [0.15, 0.2) is 40.6 Å². The van der Waals surface area contributed by atoms with Gasteiger partial charge in [-0.15, -0.1) is 26.3 Å². The fourth-order valence-corrected chi connectivity index (χ4v) is 2.62. The van der Waals surface area contributed by atoms with Crippen molar-refractivity contribution in [1.82, 2.24) is 0 Å². The van der Waals surface area contributed by atoms with Gasteiger partial charge >= 0.3 is 20.5 Å². The van der Waals surface area contributed by atoms with Crippen molar-refractivity contribution >= 4 is 19.2 Å². The van der Waals surface area contributed by atoms with Crippen LogP contribution in [-0.4, -0.2) is 36.7 Å². The SMILES string of the molecule is COc1cc(/N=N/c2ccc(OC(F)(F)F)c(OP(=O)(O)O)c2)cc(OC)c1OC(F)(F)F. The number of nitrogens with zero attached hydrogens (tertiary/aromatic N) is 2. The number of hydrogen-bond acceptors (Lipinski definition) is 8. The summed E-state index contributed by atoms with van der Waals surface area (Å²) in [5, 5.41) is 7.33. The second kappa shape index (κ2) is 9.72. The highest BCUT2D eigenvalue weighted by Crippen LogP contribution is 2.46. The molecule has 2 N–H and O–H groups in total. The predicted octanol–water partition coefficient (Wildman–Crippen LogP) is 5.39. The van der Waals surface area contributed by atoms with E-state index in [9.17, 15) is 30.9 Å². The first kappa shape index (κ1) is 26.0. The fourth-order valence-electron chi connectivity index (χ4n) is 2.22. The number of halogens is 6. The molecular formula is C16H13F6N2O8P. The molecule has 0 atom stereocenters. The van der Waals surface area contributed by atoms with E-state index in [1.54, 1.807) is 0 Å². The van der Waals surface area contributed by atoms with Crippen LogP contribution in [0.5, 0.6) is 28.7 Å². The Morgan fingerprint density at radius 2 is 1.24 bits per heavy atom. The van der Waals surface area contributed by atoms with E-state index in [-0.39, 0.29) is 11.4 Å². The smallest absolute Gasteiger partial charge is 0.493 e. The summed E-state index contributed by atoms with van der Waals surface area (Å²) in [6, 6.07) is 4.25. The molecule has 0 spiro atoms. The summed E-state index contributed by atoms with van der Waals surface area (Å²) >= 11 is 0. The Bertz CT molecular complexity index is 1040. The van der Waals surface area contributed by atoms with Gasteiger partial charge in [0.15, 0.2) is 23.0 Å². The topological polar surface area (TPSA) is 128 Å². The molecule has 2 aromatic carbocycles. The van der Waals surface area contributed by atoms with E-state index in [0.717, 1.165) is 32.4 Å². The quantitative estimate of drug-likeness (QED) is 0.277. The minimum absolute atomic E-state index is 0.133. The van der Waals surface area contributed by atoms with Crippen molar-refractivity contribution in [3.05, 3.63) is 30.3 Å². The number of ether oxygens (including phenoxy) is 4. The minimum atomic E-state index is -5.28. The van der Waals surface area contributed by atoms with Crippen LogP contribution >= 0.6 is 7.82 Å². The van der Waals surface area contributed by atoms with Crippen LogP contribution in [0.3, 0.4) is 0 Å². The largest absolute Gasteiger partial charge is 0.573 e. The van der Waals surface area contributed by atoms with Crippen LogP contribution in [0.2, 0.25) is 0 Å². The Kier molecular flexibility index (Phi) is 7.67. The average molecular weight is 506 g/mol. The van der Waals surface area contributed by atoms with Gasteiger partial charge < -0.3 is 23.5 Å². The van der Waals surface area contributed by atoms with Crippen molar-refractivity contribution in [3.63, 3.8) is 0 Å². The minimum Gasteiger partial charge on any atom is -0.493 e. The second-order valence-corrected chi connectivity index (χ2v) is 6.85. The van der Waals surface area contributed by atoms with Gasteiger partial charge in [0.2, 0.25) is 5.75 Å². The molecule has 0 amide bonds. The number of rotatable bonds is 8. The van der Waals surface area contributed by atoms with Crippen LogP contribution < -0.4 is 23.5 Å². The molecule has 0 saturated carbocycles. The van der Waals surface area contributed by atoms with Crippen molar-refractivity contribution < 1.29 is 64.2 Å². The van der Waals surface area contributed by atoms with Gasteiger partial charge in [0.25, 0.3) is 0 Å².